The smallest absolute Gasteiger partial charge is 0.133 e. The van der Waals surface area contributed by atoms with Gasteiger partial charge in [-0.15, -0.1) is 0 Å². The summed E-state index contributed by atoms with van der Waals surface area (Å²) in [5.41, 5.74) is 10.4. The molecule has 24 heavy (non-hydrogen) atoms. The second kappa shape index (κ2) is 6.38. The molecule has 0 fully saturated rings. The van der Waals surface area contributed by atoms with Gasteiger partial charge in [-0.3, -0.25) is 0 Å². The molecule has 0 spiro atoms. The van der Waals surface area contributed by atoms with Crippen molar-refractivity contribution < 1.29 is 8.83 Å². The van der Waals surface area contributed by atoms with Crippen molar-refractivity contribution >= 4 is 11.4 Å². The molecule has 0 bridgehead atoms. The van der Waals surface area contributed by atoms with E-state index in [1.165, 1.54) is 0 Å². The summed E-state index contributed by atoms with van der Waals surface area (Å²) in [5, 5.41) is 0. The SMILES string of the molecule is c1cc(NNc2cccc(-c3ccco3)c2)cc(-c2ccco2)c1. The molecule has 4 nitrogen and oxygen atoms in total. The second-order valence-electron chi connectivity index (χ2n) is 5.37. The quantitative estimate of drug-likeness (QED) is 0.467. The largest absolute Gasteiger partial charge is 0.464 e. The molecular formula is C20H16N2O2. The predicted molar refractivity (Wildman–Crippen MR) is 95.5 cm³/mol. The van der Waals surface area contributed by atoms with Gasteiger partial charge >= 0.3 is 0 Å². The summed E-state index contributed by atoms with van der Waals surface area (Å²) >= 11 is 0. The van der Waals surface area contributed by atoms with Crippen LogP contribution in [-0.4, -0.2) is 0 Å². The molecule has 0 unspecified atom stereocenters. The number of furan rings is 2. The highest BCUT2D eigenvalue weighted by Crippen LogP contribution is 2.25. The Bertz CT molecular complexity index is 835. The average Bonchev–Trinajstić information content (AvgIpc) is 3.34. The number of anilines is 2. The van der Waals surface area contributed by atoms with Crippen molar-refractivity contribution in [3.8, 4) is 22.6 Å². The van der Waals surface area contributed by atoms with Crippen molar-refractivity contribution in [3.05, 3.63) is 85.3 Å². The summed E-state index contributed by atoms with van der Waals surface area (Å²) in [6, 6.07) is 23.7. The van der Waals surface area contributed by atoms with Crippen molar-refractivity contribution in [3.63, 3.8) is 0 Å². The van der Waals surface area contributed by atoms with Crippen molar-refractivity contribution in [1.29, 1.82) is 0 Å². The Hall–Kier alpha value is -3.40. The first-order valence-corrected chi connectivity index (χ1v) is 7.68. The van der Waals surface area contributed by atoms with Crippen molar-refractivity contribution in [2.45, 2.75) is 0 Å². The molecule has 2 aromatic carbocycles. The number of hydrogen-bond donors (Lipinski definition) is 2. The molecule has 0 aliphatic heterocycles. The first kappa shape index (κ1) is 14.2. The van der Waals surface area contributed by atoms with E-state index in [2.05, 4.69) is 10.9 Å². The zero-order valence-electron chi connectivity index (χ0n) is 12.9. The Labute approximate surface area is 139 Å². The van der Waals surface area contributed by atoms with E-state index in [1.807, 2.05) is 72.8 Å². The van der Waals surface area contributed by atoms with Crippen molar-refractivity contribution in [2.75, 3.05) is 10.9 Å². The molecule has 0 radical (unpaired) electrons. The van der Waals surface area contributed by atoms with Gasteiger partial charge in [0.05, 0.1) is 23.9 Å². The van der Waals surface area contributed by atoms with E-state index in [-0.39, 0.29) is 0 Å². The van der Waals surface area contributed by atoms with Gasteiger partial charge in [-0.2, -0.15) is 0 Å². The Balaban J connectivity index is 1.49. The minimum Gasteiger partial charge on any atom is -0.464 e. The summed E-state index contributed by atoms with van der Waals surface area (Å²) in [4.78, 5) is 0. The van der Waals surface area contributed by atoms with Gasteiger partial charge in [0.15, 0.2) is 0 Å². The van der Waals surface area contributed by atoms with Crippen LogP contribution in [0.4, 0.5) is 11.4 Å². The van der Waals surface area contributed by atoms with Crippen LogP contribution in [0.3, 0.4) is 0 Å². The molecule has 2 aromatic heterocycles. The molecule has 0 aliphatic carbocycles. The monoisotopic (exact) mass is 316 g/mol. The minimum absolute atomic E-state index is 0.846. The van der Waals surface area contributed by atoms with Crippen LogP contribution in [0.25, 0.3) is 22.6 Å². The molecule has 118 valence electrons. The number of hydrazine groups is 1. The van der Waals surface area contributed by atoms with Crippen LogP contribution in [0.1, 0.15) is 0 Å². The first-order valence-electron chi connectivity index (χ1n) is 7.68. The molecule has 0 saturated heterocycles. The van der Waals surface area contributed by atoms with E-state index in [0.717, 1.165) is 34.0 Å². The number of nitrogens with one attached hydrogen (secondary N) is 2. The third kappa shape index (κ3) is 3.03. The van der Waals surface area contributed by atoms with Crippen molar-refractivity contribution in [1.82, 2.24) is 0 Å². The Morgan fingerprint density at radius 2 is 1.04 bits per heavy atom. The first-order chi connectivity index (χ1) is 11.9. The fourth-order valence-corrected chi connectivity index (χ4v) is 2.53. The van der Waals surface area contributed by atoms with Gasteiger partial charge in [0.25, 0.3) is 0 Å². The zero-order chi connectivity index (χ0) is 16.2. The normalized spacial score (nSPS) is 10.5. The lowest BCUT2D eigenvalue weighted by molar-refractivity contribution is 0.582. The summed E-state index contributed by atoms with van der Waals surface area (Å²) in [7, 11) is 0. The maximum absolute atomic E-state index is 5.44. The van der Waals surface area contributed by atoms with Crippen LogP contribution in [0, 0.1) is 0 Å². The molecule has 4 aromatic rings. The lowest BCUT2D eigenvalue weighted by atomic mass is 10.1. The molecular weight excluding hydrogens is 300 g/mol. The van der Waals surface area contributed by atoms with E-state index in [4.69, 9.17) is 8.83 Å². The van der Waals surface area contributed by atoms with E-state index in [1.54, 1.807) is 12.5 Å². The van der Waals surface area contributed by atoms with E-state index < -0.39 is 0 Å². The standard InChI is InChI=1S/C20H16N2O2/c1-5-15(19-9-3-11-23-19)13-17(7-1)21-22-18-8-2-6-16(14-18)20-10-4-12-24-20/h1-14,21-22H. The number of rotatable bonds is 5. The van der Waals surface area contributed by atoms with Gasteiger partial charge in [0, 0.05) is 11.1 Å². The highest BCUT2D eigenvalue weighted by molar-refractivity contribution is 5.67. The second-order valence-corrected chi connectivity index (χ2v) is 5.37. The maximum Gasteiger partial charge on any atom is 0.133 e. The van der Waals surface area contributed by atoms with Gasteiger partial charge in [0.1, 0.15) is 11.5 Å². The average molecular weight is 316 g/mol. The van der Waals surface area contributed by atoms with Gasteiger partial charge in [-0.05, 0) is 48.5 Å². The topological polar surface area (TPSA) is 50.3 Å². The van der Waals surface area contributed by atoms with Gasteiger partial charge < -0.3 is 19.7 Å². The van der Waals surface area contributed by atoms with Crippen LogP contribution in [0.2, 0.25) is 0 Å². The highest BCUT2D eigenvalue weighted by Gasteiger charge is 2.03. The van der Waals surface area contributed by atoms with Crippen LogP contribution in [0.5, 0.6) is 0 Å². The lowest BCUT2D eigenvalue weighted by Crippen LogP contribution is -2.08. The van der Waals surface area contributed by atoms with Crippen LogP contribution in [-0.2, 0) is 0 Å². The van der Waals surface area contributed by atoms with E-state index >= 15 is 0 Å². The molecule has 0 aliphatic rings. The van der Waals surface area contributed by atoms with Gasteiger partial charge in [-0.1, -0.05) is 24.3 Å². The molecule has 2 heterocycles. The van der Waals surface area contributed by atoms with Crippen LogP contribution >= 0.6 is 0 Å². The zero-order valence-corrected chi connectivity index (χ0v) is 12.9. The predicted octanol–water partition coefficient (Wildman–Crippen LogP) is 5.65. The third-order valence-corrected chi connectivity index (χ3v) is 3.69. The highest BCUT2D eigenvalue weighted by atomic mass is 16.3. The van der Waals surface area contributed by atoms with Crippen molar-refractivity contribution in [2.24, 2.45) is 0 Å². The maximum atomic E-state index is 5.44. The number of hydrogen-bond acceptors (Lipinski definition) is 4. The summed E-state index contributed by atoms with van der Waals surface area (Å²) < 4.78 is 10.9. The molecule has 0 atom stereocenters. The molecule has 4 heteroatoms. The Morgan fingerprint density at radius 1 is 0.542 bits per heavy atom. The number of benzene rings is 2. The molecule has 0 amide bonds. The third-order valence-electron chi connectivity index (χ3n) is 3.69. The van der Waals surface area contributed by atoms with Crippen LogP contribution < -0.4 is 10.9 Å². The Morgan fingerprint density at radius 3 is 1.46 bits per heavy atom. The van der Waals surface area contributed by atoms with Crippen LogP contribution in [0.15, 0.2) is 94.2 Å². The summed E-state index contributed by atoms with van der Waals surface area (Å²) in [5.74, 6) is 1.69. The summed E-state index contributed by atoms with van der Waals surface area (Å²) in [6.07, 6.45) is 3.35. The van der Waals surface area contributed by atoms with E-state index in [0.29, 0.717) is 0 Å². The molecule has 2 N–H and O–H groups in total. The minimum atomic E-state index is 0.846. The van der Waals surface area contributed by atoms with E-state index in [9.17, 15) is 0 Å². The lowest BCUT2D eigenvalue weighted by Gasteiger charge is -2.11. The Kier molecular flexibility index (Phi) is 3.78. The van der Waals surface area contributed by atoms with Gasteiger partial charge in [0.2, 0.25) is 0 Å². The summed E-state index contributed by atoms with van der Waals surface area (Å²) in [6.45, 7) is 0. The molecule has 0 saturated carbocycles. The van der Waals surface area contributed by atoms with Gasteiger partial charge in [-0.25, -0.2) is 0 Å². The fourth-order valence-electron chi connectivity index (χ4n) is 2.53. The molecule has 4 rings (SSSR count). The fraction of sp³-hybridized carbons (Fsp3) is 0.